The van der Waals surface area contributed by atoms with Crippen LogP contribution in [0.4, 0.5) is 5.82 Å². The Labute approximate surface area is 137 Å². The van der Waals surface area contributed by atoms with Gasteiger partial charge in [-0.2, -0.15) is 0 Å². The van der Waals surface area contributed by atoms with Crippen molar-refractivity contribution < 1.29 is 4.74 Å². The molecule has 0 radical (unpaired) electrons. The molecule has 2 aromatic carbocycles. The van der Waals surface area contributed by atoms with Crippen molar-refractivity contribution in [2.75, 3.05) is 12.4 Å². The third-order valence-electron chi connectivity index (χ3n) is 3.74. The van der Waals surface area contributed by atoms with Crippen molar-refractivity contribution in [3.63, 3.8) is 0 Å². The number of methoxy groups -OCH3 is 1. The molecule has 0 atom stereocenters. The van der Waals surface area contributed by atoms with Gasteiger partial charge >= 0.3 is 0 Å². The second-order valence-corrected chi connectivity index (χ2v) is 6.09. The molecule has 4 nitrogen and oxygen atoms in total. The predicted octanol–water partition coefficient (Wildman–Crippen LogP) is 4.47. The summed E-state index contributed by atoms with van der Waals surface area (Å²) in [5, 5.41) is 6.81. The van der Waals surface area contributed by atoms with Crippen molar-refractivity contribution in [1.82, 2.24) is 9.97 Å². The summed E-state index contributed by atoms with van der Waals surface area (Å²) in [6.07, 6.45) is 0. The predicted molar refractivity (Wildman–Crippen MR) is 95.2 cm³/mol. The van der Waals surface area contributed by atoms with E-state index in [0.29, 0.717) is 18.2 Å². The third kappa shape index (κ3) is 2.59. The van der Waals surface area contributed by atoms with E-state index in [4.69, 9.17) is 4.74 Å². The smallest absolute Gasteiger partial charge is 0.257 e. The normalized spacial score (nSPS) is 11.0. The lowest BCUT2D eigenvalue weighted by atomic mass is 10.2. The average molecular weight is 321 g/mol. The van der Waals surface area contributed by atoms with Gasteiger partial charge in [-0.15, -0.1) is 11.3 Å². The molecule has 0 saturated carbocycles. The van der Waals surface area contributed by atoms with Gasteiger partial charge in [0, 0.05) is 11.2 Å². The topological polar surface area (TPSA) is 47.0 Å². The first-order chi connectivity index (χ1) is 11.3. The summed E-state index contributed by atoms with van der Waals surface area (Å²) in [6, 6.07) is 16.2. The van der Waals surface area contributed by atoms with Gasteiger partial charge in [0.1, 0.15) is 0 Å². The van der Waals surface area contributed by atoms with Crippen molar-refractivity contribution in [3.05, 3.63) is 59.5 Å². The van der Waals surface area contributed by atoms with Gasteiger partial charge in [-0.05, 0) is 34.5 Å². The van der Waals surface area contributed by atoms with E-state index >= 15 is 0 Å². The molecular formula is C18H15N3OS. The van der Waals surface area contributed by atoms with E-state index in [9.17, 15) is 0 Å². The molecule has 0 aliphatic carbocycles. The molecule has 5 heteroatoms. The number of rotatable bonds is 4. The van der Waals surface area contributed by atoms with Crippen molar-refractivity contribution in [3.8, 4) is 5.88 Å². The lowest BCUT2D eigenvalue weighted by molar-refractivity contribution is 0.400. The Bertz CT molecular complexity index is 980. The lowest BCUT2D eigenvalue weighted by Gasteiger charge is -2.10. The lowest BCUT2D eigenvalue weighted by Crippen LogP contribution is -2.05. The fourth-order valence-electron chi connectivity index (χ4n) is 2.59. The van der Waals surface area contributed by atoms with Gasteiger partial charge in [-0.25, -0.2) is 9.97 Å². The Morgan fingerprint density at radius 1 is 1.00 bits per heavy atom. The average Bonchev–Trinajstić information content (AvgIpc) is 3.02. The molecule has 114 valence electrons. The molecule has 0 unspecified atom stereocenters. The molecule has 2 heterocycles. The van der Waals surface area contributed by atoms with Crippen molar-refractivity contribution in [1.29, 1.82) is 0 Å². The van der Waals surface area contributed by atoms with Crippen LogP contribution in [0.5, 0.6) is 5.88 Å². The van der Waals surface area contributed by atoms with Gasteiger partial charge in [-0.3, -0.25) is 0 Å². The van der Waals surface area contributed by atoms with Crippen LogP contribution in [0.2, 0.25) is 0 Å². The Hall–Kier alpha value is -2.66. The molecule has 0 saturated heterocycles. The van der Waals surface area contributed by atoms with Crippen LogP contribution in [-0.4, -0.2) is 17.1 Å². The summed E-state index contributed by atoms with van der Waals surface area (Å²) in [5.41, 5.74) is 2.93. The van der Waals surface area contributed by atoms with Crippen molar-refractivity contribution >= 4 is 38.3 Å². The zero-order valence-electron chi connectivity index (χ0n) is 12.6. The Morgan fingerprint density at radius 2 is 1.74 bits per heavy atom. The molecule has 4 rings (SSSR count). The molecule has 0 fully saturated rings. The quantitative estimate of drug-likeness (QED) is 0.602. The van der Waals surface area contributed by atoms with E-state index in [-0.39, 0.29) is 0 Å². The molecule has 4 aromatic rings. The Kier molecular flexibility index (Phi) is 3.55. The number of hydrogen-bond acceptors (Lipinski definition) is 5. The van der Waals surface area contributed by atoms with E-state index in [2.05, 4.69) is 44.9 Å². The van der Waals surface area contributed by atoms with Crippen LogP contribution in [0.1, 0.15) is 5.56 Å². The summed E-state index contributed by atoms with van der Waals surface area (Å²) in [5.74, 6) is 1.18. The maximum Gasteiger partial charge on any atom is 0.257 e. The van der Waals surface area contributed by atoms with Crippen LogP contribution in [0.3, 0.4) is 0 Å². The number of anilines is 1. The number of hydrogen-bond donors (Lipinski definition) is 1. The van der Waals surface area contributed by atoms with Crippen LogP contribution >= 0.6 is 11.3 Å². The minimum Gasteiger partial charge on any atom is -0.478 e. The number of aromatic nitrogens is 2. The molecule has 0 amide bonds. The third-order valence-corrected chi connectivity index (χ3v) is 4.75. The highest BCUT2D eigenvalue weighted by Gasteiger charge is 2.10. The van der Waals surface area contributed by atoms with Gasteiger partial charge in [0.2, 0.25) is 0 Å². The van der Waals surface area contributed by atoms with E-state index in [1.165, 1.54) is 15.6 Å². The van der Waals surface area contributed by atoms with Crippen LogP contribution < -0.4 is 10.1 Å². The van der Waals surface area contributed by atoms with Crippen LogP contribution in [0.15, 0.2) is 53.9 Å². The van der Waals surface area contributed by atoms with Crippen LogP contribution in [0, 0.1) is 0 Å². The summed E-state index contributed by atoms with van der Waals surface area (Å²) in [6.45, 7) is 0.688. The molecule has 0 bridgehead atoms. The second kappa shape index (κ2) is 5.85. The molecule has 0 spiro atoms. The summed E-state index contributed by atoms with van der Waals surface area (Å²) in [4.78, 5) is 9.14. The first-order valence-corrected chi connectivity index (χ1v) is 8.23. The van der Waals surface area contributed by atoms with E-state index in [0.717, 1.165) is 11.0 Å². The zero-order chi connectivity index (χ0) is 15.6. The highest BCUT2D eigenvalue weighted by atomic mass is 32.1. The summed E-state index contributed by atoms with van der Waals surface area (Å²) >= 11 is 1.75. The zero-order valence-corrected chi connectivity index (χ0v) is 13.4. The SMILES string of the molecule is COc1nc2ccccc2nc1NCc1csc2ccccc12. The molecule has 0 aliphatic heterocycles. The number of benzene rings is 2. The summed E-state index contributed by atoms with van der Waals surface area (Å²) in [7, 11) is 1.62. The van der Waals surface area contributed by atoms with E-state index < -0.39 is 0 Å². The first kappa shape index (κ1) is 14.0. The van der Waals surface area contributed by atoms with E-state index in [1.54, 1.807) is 18.4 Å². The largest absolute Gasteiger partial charge is 0.478 e. The number of nitrogens with zero attached hydrogens (tertiary/aromatic N) is 2. The molecule has 0 aliphatic rings. The number of nitrogens with one attached hydrogen (secondary N) is 1. The van der Waals surface area contributed by atoms with E-state index in [1.807, 2.05) is 24.3 Å². The van der Waals surface area contributed by atoms with Gasteiger partial charge < -0.3 is 10.1 Å². The fraction of sp³-hybridized carbons (Fsp3) is 0.111. The first-order valence-electron chi connectivity index (χ1n) is 7.35. The van der Waals surface area contributed by atoms with Crippen molar-refractivity contribution in [2.45, 2.75) is 6.54 Å². The maximum atomic E-state index is 5.38. The number of thiophene rings is 1. The van der Waals surface area contributed by atoms with Crippen LogP contribution in [0.25, 0.3) is 21.1 Å². The minimum absolute atomic E-state index is 0.517. The Morgan fingerprint density at radius 3 is 2.57 bits per heavy atom. The number of fused-ring (bicyclic) bond motifs is 2. The van der Waals surface area contributed by atoms with Gasteiger partial charge in [0.25, 0.3) is 5.88 Å². The number of para-hydroxylation sites is 2. The highest BCUT2D eigenvalue weighted by molar-refractivity contribution is 7.17. The molecule has 1 N–H and O–H groups in total. The van der Waals surface area contributed by atoms with Gasteiger partial charge in [0.05, 0.1) is 18.1 Å². The fourth-order valence-corrected chi connectivity index (χ4v) is 3.55. The van der Waals surface area contributed by atoms with Gasteiger partial charge in [-0.1, -0.05) is 30.3 Å². The number of ether oxygens (including phenoxy) is 1. The van der Waals surface area contributed by atoms with Crippen LogP contribution in [-0.2, 0) is 6.54 Å². The standard InChI is InChI=1S/C18H15N3OS/c1-22-18-17(20-14-7-3-4-8-15(14)21-18)19-10-12-11-23-16-9-5-2-6-13(12)16/h2-9,11H,10H2,1H3,(H,19,20). The maximum absolute atomic E-state index is 5.38. The molecule has 23 heavy (non-hydrogen) atoms. The minimum atomic E-state index is 0.517. The second-order valence-electron chi connectivity index (χ2n) is 5.18. The Balaban J connectivity index is 1.67. The monoisotopic (exact) mass is 321 g/mol. The highest BCUT2D eigenvalue weighted by Crippen LogP contribution is 2.28. The van der Waals surface area contributed by atoms with Gasteiger partial charge in [0.15, 0.2) is 5.82 Å². The summed E-state index contributed by atoms with van der Waals surface area (Å²) < 4.78 is 6.67. The molecule has 2 aromatic heterocycles. The molecular weight excluding hydrogens is 306 g/mol. The van der Waals surface area contributed by atoms with Crippen molar-refractivity contribution in [2.24, 2.45) is 0 Å².